The van der Waals surface area contributed by atoms with E-state index in [1.807, 2.05) is 0 Å². The third-order valence-corrected chi connectivity index (χ3v) is 15.5. The molecule has 4 aliphatic heterocycles. The fraction of sp³-hybridized carbons (Fsp3) is 0.0143. The molecule has 0 atom stereocenters. The summed E-state index contributed by atoms with van der Waals surface area (Å²) in [6.45, 7) is 0. The molecule has 4 aliphatic rings. The maximum Gasteiger partial charge on any atom is 0.164 e. The fourth-order valence-corrected chi connectivity index (χ4v) is 12.1. The van der Waals surface area contributed by atoms with Gasteiger partial charge in [0.15, 0.2) is 17.5 Å². The quantitative estimate of drug-likeness (QED) is 0.162. The highest BCUT2D eigenvalue weighted by Crippen LogP contribution is 2.49. The van der Waals surface area contributed by atoms with Crippen molar-refractivity contribution in [1.82, 2.24) is 19.5 Å². The molecule has 0 fully saturated rings. The Morgan fingerprint density at radius 2 is 0.689 bits per heavy atom. The summed E-state index contributed by atoms with van der Waals surface area (Å²) >= 11 is 0. The molecule has 4 heteroatoms. The first-order valence-electron chi connectivity index (χ1n) is 25.3. The van der Waals surface area contributed by atoms with Gasteiger partial charge in [-0.1, -0.05) is 243 Å². The molecule has 344 valence electrons. The number of fused-ring (bicyclic) bond motifs is 4. The van der Waals surface area contributed by atoms with E-state index in [9.17, 15) is 0 Å². The predicted octanol–water partition coefficient (Wildman–Crippen LogP) is 17.5. The van der Waals surface area contributed by atoms with Crippen molar-refractivity contribution in [2.24, 2.45) is 0 Å². The van der Waals surface area contributed by atoms with E-state index >= 15 is 0 Å². The van der Waals surface area contributed by atoms with Crippen LogP contribution in [-0.2, 0) is 5.41 Å². The number of nitrogens with zero attached hydrogens (tertiary/aromatic N) is 4. The van der Waals surface area contributed by atoms with Gasteiger partial charge in [0, 0.05) is 38.5 Å². The van der Waals surface area contributed by atoms with Gasteiger partial charge in [0.05, 0.1) is 16.4 Å². The van der Waals surface area contributed by atoms with Gasteiger partial charge in [-0.15, -0.1) is 0 Å². The highest BCUT2D eigenvalue weighted by molar-refractivity contribution is 6.28. The van der Waals surface area contributed by atoms with Crippen LogP contribution in [0.3, 0.4) is 0 Å². The van der Waals surface area contributed by atoms with Gasteiger partial charge in [0.1, 0.15) is 0 Å². The minimum Gasteiger partial charge on any atom is -0.309 e. The molecule has 18 rings (SSSR count). The summed E-state index contributed by atoms with van der Waals surface area (Å²) in [5, 5.41) is 9.32. The molecular formula is C70H44N4. The molecule has 0 N–H and O–H groups in total. The lowest BCUT2D eigenvalue weighted by atomic mass is 9.65. The summed E-state index contributed by atoms with van der Waals surface area (Å²) in [5.41, 5.74) is 14.7. The van der Waals surface area contributed by atoms with Crippen molar-refractivity contribution >= 4 is 54.1 Å². The summed E-state index contributed by atoms with van der Waals surface area (Å²) in [7, 11) is 0. The minimum absolute atomic E-state index is 0.611. The first-order chi connectivity index (χ1) is 36.7. The summed E-state index contributed by atoms with van der Waals surface area (Å²) in [6, 6.07) is 97.4. The van der Waals surface area contributed by atoms with Gasteiger partial charge < -0.3 is 4.57 Å². The maximum atomic E-state index is 5.45. The van der Waals surface area contributed by atoms with Crippen LogP contribution in [0.25, 0.3) is 116 Å². The summed E-state index contributed by atoms with van der Waals surface area (Å²) in [5.74, 6) is 1.85. The van der Waals surface area contributed by atoms with Crippen molar-refractivity contribution in [2.75, 3.05) is 0 Å². The van der Waals surface area contributed by atoms with Crippen molar-refractivity contribution in [3.63, 3.8) is 0 Å². The average molecular weight is 941 g/mol. The highest BCUT2D eigenvalue weighted by atomic mass is 15.0. The van der Waals surface area contributed by atoms with E-state index < -0.39 is 5.41 Å². The first-order valence-corrected chi connectivity index (χ1v) is 25.3. The van der Waals surface area contributed by atoms with E-state index in [0.717, 1.165) is 77.2 Å². The molecule has 0 radical (unpaired) electrons. The zero-order chi connectivity index (χ0) is 48.7. The number of hydrogen-bond acceptors (Lipinski definition) is 3. The molecule has 0 amide bonds. The van der Waals surface area contributed by atoms with E-state index in [-0.39, 0.29) is 0 Å². The second kappa shape index (κ2) is 16.7. The lowest BCUT2D eigenvalue weighted by Crippen LogP contribution is -2.31. The van der Waals surface area contributed by atoms with Gasteiger partial charge in [-0.25, -0.2) is 15.0 Å². The third-order valence-electron chi connectivity index (χ3n) is 15.5. The molecule has 12 aromatic carbocycles. The smallest absolute Gasteiger partial charge is 0.164 e. The van der Waals surface area contributed by atoms with E-state index in [1.165, 1.54) is 43.8 Å². The molecule has 4 nitrogen and oxygen atoms in total. The fourth-order valence-electron chi connectivity index (χ4n) is 12.1. The van der Waals surface area contributed by atoms with E-state index in [4.69, 9.17) is 15.0 Å². The first kappa shape index (κ1) is 42.0. The zero-order valence-electron chi connectivity index (χ0n) is 40.2. The van der Waals surface area contributed by atoms with Gasteiger partial charge in [0.25, 0.3) is 0 Å². The molecule has 0 unspecified atom stereocenters. The van der Waals surface area contributed by atoms with Gasteiger partial charge in [-0.2, -0.15) is 0 Å². The normalized spacial score (nSPS) is 12.7. The lowest BCUT2D eigenvalue weighted by molar-refractivity contribution is 0.746. The van der Waals surface area contributed by atoms with Crippen LogP contribution in [0.4, 0.5) is 0 Å². The number of aromatic nitrogens is 4. The Labute approximate surface area is 428 Å². The maximum absolute atomic E-state index is 5.45. The van der Waals surface area contributed by atoms with Crippen LogP contribution >= 0.6 is 0 Å². The summed E-state index contributed by atoms with van der Waals surface area (Å²) in [4.78, 5) is 16.2. The zero-order valence-corrected chi connectivity index (χ0v) is 40.2. The molecule has 74 heavy (non-hydrogen) atoms. The van der Waals surface area contributed by atoms with Crippen LogP contribution < -0.4 is 0 Å². The molecule has 2 aromatic heterocycles. The second-order valence-corrected chi connectivity index (χ2v) is 19.5. The largest absolute Gasteiger partial charge is 0.309 e. The van der Waals surface area contributed by atoms with Crippen molar-refractivity contribution in [1.29, 1.82) is 0 Å². The molecule has 0 saturated heterocycles. The van der Waals surface area contributed by atoms with Crippen LogP contribution in [0.1, 0.15) is 22.3 Å². The lowest BCUT2D eigenvalue weighted by Gasteiger charge is -2.37. The Morgan fingerprint density at radius 1 is 0.257 bits per heavy atom. The Bertz CT molecular complexity index is 4450. The standard InChI is InChI=1S/C70H44N4/c1-5-16-45(17-6-1)47-28-30-48(31-29-47)67-71-68-49-32-35-53(36-33-49)70(51-20-9-3-10-21-51,52-22-11-4-12-23-52)54-37-40-59-58-39-34-50(46-18-7-2-8-19-46)42-64(58)74(65(59)43-54)55-38-41-61-63(44-55)57-25-14-13-24-56(57)60-26-15-27-62(66(60)61)69(72-67)73-68/h1-44H. The van der Waals surface area contributed by atoms with E-state index in [2.05, 4.69) is 271 Å². The number of benzene rings is 12. The van der Waals surface area contributed by atoms with Gasteiger partial charge in [-0.05, 0) is 95.7 Å². The van der Waals surface area contributed by atoms with Gasteiger partial charge in [-0.3, -0.25) is 0 Å². The molecule has 0 aliphatic carbocycles. The van der Waals surface area contributed by atoms with Crippen LogP contribution in [0.15, 0.2) is 267 Å². The average Bonchev–Trinajstić information content (AvgIpc) is 3.83. The van der Waals surface area contributed by atoms with Crippen molar-refractivity contribution in [3.8, 4) is 62.1 Å². The predicted molar refractivity (Wildman–Crippen MR) is 306 cm³/mol. The van der Waals surface area contributed by atoms with Crippen LogP contribution in [-0.4, -0.2) is 19.5 Å². The van der Waals surface area contributed by atoms with Crippen LogP contribution in [0, 0.1) is 0 Å². The SMILES string of the molecule is c1ccc(-c2ccc(-c3nc4nc(n3)-c3cccc5c6ccccc6c6cc(ccc6c35)-n3c5cc(-c6ccccc6)ccc5c5ccc(cc53)C(c3ccccc3)(c3ccccc3)c3ccc-4cc3)cc2)cc1. The minimum atomic E-state index is -0.725. The molecule has 10 bridgehead atoms. The summed E-state index contributed by atoms with van der Waals surface area (Å²) in [6.07, 6.45) is 0. The van der Waals surface area contributed by atoms with Gasteiger partial charge >= 0.3 is 0 Å². The summed E-state index contributed by atoms with van der Waals surface area (Å²) < 4.78 is 2.51. The number of rotatable bonds is 5. The molecule has 6 heterocycles. The van der Waals surface area contributed by atoms with Crippen molar-refractivity contribution in [2.45, 2.75) is 5.41 Å². The second-order valence-electron chi connectivity index (χ2n) is 19.5. The Kier molecular flexibility index (Phi) is 9.45. The molecule has 0 spiro atoms. The molecular weight excluding hydrogens is 897 g/mol. The van der Waals surface area contributed by atoms with E-state index in [1.54, 1.807) is 0 Å². The van der Waals surface area contributed by atoms with Crippen LogP contribution in [0.2, 0.25) is 0 Å². The third kappa shape index (κ3) is 6.45. The molecule has 14 aromatic rings. The Hall–Kier alpha value is -9.77. The Balaban J connectivity index is 1.09. The monoisotopic (exact) mass is 940 g/mol. The Morgan fingerprint density at radius 3 is 1.34 bits per heavy atom. The van der Waals surface area contributed by atoms with Gasteiger partial charge in [0.2, 0.25) is 0 Å². The van der Waals surface area contributed by atoms with Crippen molar-refractivity contribution in [3.05, 3.63) is 289 Å². The topological polar surface area (TPSA) is 43.6 Å². The number of hydrogen-bond donors (Lipinski definition) is 0. The molecule has 0 saturated carbocycles. The van der Waals surface area contributed by atoms with Crippen molar-refractivity contribution < 1.29 is 0 Å². The highest BCUT2D eigenvalue weighted by Gasteiger charge is 2.39. The van der Waals surface area contributed by atoms with E-state index in [0.29, 0.717) is 17.5 Å². The van der Waals surface area contributed by atoms with Crippen LogP contribution in [0.5, 0.6) is 0 Å².